The van der Waals surface area contributed by atoms with E-state index in [2.05, 4.69) is 5.32 Å². The van der Waals surface area contributed by atoms with Crippen LogP contribution in [0.5, 0.6) is 0 Å². The van der Waals surface area contributed by atoms with Crippen LogP contribution in [0.4, 0.5) is 17.1 Å². The molecule has 1 amide bonds. The Bertz CT molecular complexity index is 1250. The van der Waals surface area contributed by atoms with E-state index in [1.165, 1.54) is 0 Å². The number of para-hydroxylation sites is 1. The summed E-state index contributed by atoms with van der Waals surface area (Å²) in [7, 11) is 0. The molecule has 0 radical (unpaired) electrons. The number of carbonyl (C=O) groups is 1. The molecule has 9 heteroatoms. The molecule has 0 fully saturated rings. The Kier molecular flexibility index (Phi) is 3.96. The number of fused-ring (bicyclic) bond motifs is 3. The van der Waals surface area contributed by atoms with Gasteiger partial charge >= 0.3 is 0 Å². The van der Waals surface area contributed by atoms with Crippen molar-refractivity contribution < 1.29 is 19.1 Å². The molecule has 138 valence electrons. The van der Waals surface area contributed by atoms with Crippen LogP contribution < -0.4 is 5.32 Å². The first-order valence-corrected chi connectivity index (χ1v) is 8.09. The molecule has 0 bridgehead atoms. The summed E-state index contributed by atoms with van der Waals surface area (Å²) in [5, 5.41) is 26.4. The van der Waals surface area contributed by atoms with Crippen LogP contribution in [0.25, 0.3) is 21.9 Å². The minimum Gasteiger partial charge on any atom is -0.456 e. The Labute approximate surface area is 156 Å². The van der Waals surface area contributed by atoms with Crippen molar-refractivity contribution in [3.05, 3.63) is 86.5 Å². The van der Waals surface area contributed by atoms with Gasteiger partial charge in [0, 0.05) is 34.7 Å². The molecule has 0 aliphatic rings. The Morgan fingerprint density at radius 1 is 0.821 bits per heavy atom. The molecule has 1 aromatic heterocycles. The van der Waals surface area contributed by atoms with E-state index in [0.717, 1.165) is 29.0 Å². The lowest BCUT2D eigenvalue weighted by atomic mass is 10.1. The fraction of sp³-hybridized carbons (Fsp3) is 0. The molecule has 28 heavy (non-hydrogen) atoms. The summed E-state index contributed by atoms with van der Waals surface area (Å²) in [4.78, 5) is 32.9. The number of nitro benzene ring substituents is 2. The van der Waals surface area contributed by atoms with Gasteiger partial charge in [0.05, 0.1) is 21.5 Å². The number of benzene rings is 3. The van der Waals surface area contributed by atoms with Gasteiger partial charge in [0.2, 0.25) is 0 Å². The highest BCUT2D eigenvalue weighted by Crippen LogP contribution is 2.30. The Morgan fingerprint density at radius 3 is 2.14 bits per heavy atom. The topological polar surface area (TPSA) is 129 Å². The SMILES string of the molecule is O=C(Nc1ccc2c(c1)oc1ccccc12)c1cc([N+](=O)[O-])cc([N+](=O)[O-])c1. The highest BCUT2D eigenvalue weighted by molar-refractivity contribution is 6.08. The number of nitro groups is 2. The molecule has 0 atom stereocenters. The van der Waals surface area contributed by atoms with Gasteiger partial charge in [-0.3, -0.25) is 25.0 Å². The summed E-state index contributed by atoms with van der Waals surface area (Å²) in [6.07, 6.45) is 0. The number of hydrogen-bond donors (Lipinski definition) is 1. The van der Waals surface area contributed by atoms with E-state index in [9.17, 15) is 25.0 Å². The zero-order valence-corrected chi connectivity index (χ0v) is 14.1. The van der Waals surface area contributed by atoms with Gasteiger partial charge < -0.3 is 9.73 Å². The van der Waals surface area contributed by atoms with Gasteiger partial charge in [-0.2, -0.15) is 0 Å². The van der Waals surface area contributed by atoms with Gasteiger partial charge in [-0.05, 0) is 18.2 Å². The fourth-order valence-electron chi connectivity index (χ4n) is 2.94. The third kappa shape index (κ3) is 3.01. The van der Waals surface area contributed by atoms with E-state index >= 15 is 0 Å². The van der Waals surface area contributed by atoms with E-state index in [-0.39, 0.29) is 5.56 Å². The van der Waals surface area contributed by atoms with Crippen LogP contribution in [-0.4, -0.2) is 15.8 Å². The molecule has 0 aliphatic heterocycles. The van der Waals surface area contributed by atoms with Crippen LogP contribution in [-0.2, 0) is 0 Å². The van der Waals surface area contributed by atoms with Crippen LogP contribution in [0.15, 0.2) is 65.1 Å². The van der Waals surface area contributed by atoms with Crippen LogP contribution in [0, 0.1) is 20.2 Å². The molecule has 9 nitrogen and oxygen atoms in total. The summed E-state index contributed by atoms with van der Waals surface area (Å²) in [5.41, 5.74) is 0.398. The first-order valence-electron chi connectivity index (χ1n) is 8.09. The summed E-state index contributed by atoms with van der Waals surface area (Å²) < 4.78 is 5.75. The zero-order valence-electron chi connectivity index (χ0n) is 14.1. The van der Waals surface area contributed by atoms with Gasteiger partial charge in [0.1, 0.15) is 11.2 Å². The summed E-state index contributed by atoms with van der Waals surface area (Å²) in [6.45, 7) is 0. The van der Waals surface area contributed by atoms with E-state index in [1.54, 1.807) is 18.2 Å². The number of amides is 1. The number of nitrogens with one attached hydrogen (secondary N) is 1. The Balaban J connectivity index is 1.69. The molecule has 1 heterocycles. The molecule has 0 spiro atoms. The van der Waals surface area contributed by atoms with Crippen LogP contribution in [0.2, 0.25) is 0 Å². The van der Waals surface area contributed by atoms with Crippen molar-refractivity contribution in [1.29, 1.82) is 0 Å². The molecule has 0 saturated carbocycles. The molecule has 1 N–H and O–H groups in total. The molecule has 0 saturated heterocycles. The lowest BCUT2D eigenvalue weighted by Crippen LogP contribution is -2.12. The molecule has 3 aromatic carbocycles. The minimum absolute atomic E-state index is 0.189. The second-order valence-corrected chi connectivity index (χ2v) is 6.02. The predicted molar refractivity (Wildman–Crippen MR) is 101 cm³/mol. The second kappa shape index (κ2) is 6.47. The molecule has 4 rings (SSSR count). The maximum absolute atomic E-state index is 12.5. The van der Waals surface area contributed by atoms with E-state index in [4.69, 9.17) is 4.42 Å². The average molecular weight is 377 g/mol. The highest BCUT2D eigenvalue weighted by atomic mass is 16.6. The van der Waals surface area contributed by atoms with Crippen LogP contribution in [0.3, 0.4) is 0 Å². The third-order valence-electron chi connectivity index (χ3n) is 4.22. The van der Waals surface area contributed by atoms with Crippen LogP contribution >= 0.6 is 0 Å². The normalized spacial score (nSPS) is 10.9. The lowest BCUT2D eigenvalue weighted by Gasteiger charge is -2.05. The number of carbonyl (C=O) groups excluding carboxylic acids is 1. The molecular formula is C19H11N3O6. The smallest absolute Gasteiger partial charge is 0.277 e. The molecule has 0 aliphatic carbocycles. The molecule has 4 aromatic rings. The van der Waals surface area contributed by atoms with Gasteiger partial charge in [-0.15, -0.1) is 0 Å². The fourth-order valence-corrected chi connectivity index (χ4v) is 2.94. The minimum atomic E-state index is -0.787. The zero-order chi connectivity index (χ0) is 19.8. The first kappa shape index (κ1) is 17.2. The average Bonchev–Trinajstić information content (AvgIpc) is 3.05. The van der Waals surface area contributed by atoms with Gasteiger partial charge in [0.25, 0.3) is 17.3 Å². The van der Waals surface area contributed by atoms with E-state index < -0.39 is 27.1 Å². The number of anilines is 1. The van der Waals surface area contributed by atoms with Crippen molar-refractivity contribution in [2.45, 2.75) is 0 Å². The Morgan fingerprint density at radius 2 is 1.46 bits per heavy atom. The number of furan rings is 1. The predicted octanol–water partition coefficient (Wildman–Crippen LogP) is 4.65. The van der Waals surface area contributed by atoms with Crippen molar-refractivity contribution in [3.63, 3.8) is 0 Å². The first-order chi connectivity index (χ1) is 13.4. The second-order valence-electron chi connectivity index (χ2n) is 6.02. The number of non-ortho nitro benzene ring substituents is 2. The van der Waals surface area contributed by atoms with Crippen molar-refractivity contribution in [3.8, 4) is 0 Å². The summed E-state index contributed by atoms with van der Waals surface area (Å²) in [5.74, 6) is -0.706. The number of hydrogen-bond acceptors (Lipinski definition) is 6. The maximum atomic E-state index is 12.5. The Hall–Kier alpha value is -4.27. The van der Waals surface area contributed by atoms with Crippen molar-refractivity contribution in [1.82, 2.24) is 0 Å². The standard InChI is InChI=1S/C19H11N3O6/c23-19(11-7-13(21(24)25)10-14(8-11)22(26)27)20-12-5-6-16-15-3-1-2-4-17(15)28-18(16)9-12/h1-10H,(H,20,23). The van der Waals surface area contributed by atoms with Gasteiger partial charge in [0.15, 0.2) is 0 Å². The highest BCUT2D eigenvalue weighted by Gasteiger charge is 2.20. The van der Waals surface area contributed by atoms with E-state index in [0.29, 0.717) is 16.9 Å². The lowest BCUT2D eigenvalue weighted by molar-refractivity contribution is -0.394. The third-order valence-corrected chi connectivity index (χ3v) is 4.22. The van der Waals surface area contributed by atoms with Gasteiger partial charge in [-0.25, -0.2) is 0 Å². The number of nitrogens with zero attached hydrogens (tertiary/aromatic N) is 2. The van der Waals surface area contributed by atoms with E-state index in [1.807, 2.05) is 24.3 Å². The van der Waals surface area contributed by atoms with Crippen molar-refractivity contribution >= 4 is 44.9 Å². The maximum Gasteiger partial charge on any atom is 0.277 e. The van der Waals surface area contributed by atoms with Crippen LogP contribution in [0.1, 0.15) is 10.4 Å². The van der Waals surface area contributed by atoms with Crippen molar-refractivity contribution in [2.75, 3.05) is 5.32 Å². The molecular weight excluding hydrogens is 366 g/mol. The summed E-state index contributed by atoms with van der Waals surface area (Å²) in [6, 6.07) is 15.3. The largest absolute Gasteiger partial charge is 0.456 e. The molecule has 0 unspecified atom stereocenters. The number of rotatable bonds is 4. The quantitative estimate of drug-likeness (QED) is 0.407. The van der Waals surface area contributed by atoms with Crippen molar-refractivity contribution in [2.24, 2.45) is 0 Å². The monoisotopic (exact) mass is 377 g/mol. The van der Waals surface area contributed by atoms with Gasteiger partial charge in [-0.1, -0.05) is 18.2 Å². The summed E-state index contributed by atoms with van der Waals surface area (Å²) >= 11 is 0.